The number of hydrogen-bond donors (Lipinski definition) is 2. The standard InChI is InChI=1S/C10H18ClN3/c1-10(2,3)8-9(11)14-7(13-8)5-6-12-4/h12H,5-6H2,1-4H3,(H,13,14). The zero-order valence-corrected chi connectivity index (χ0v) is 10.00. The Morgan fingerprint density at radius 2 is 2.07 bits per heavy atom. The largest absolute Gasteiger partial charge is 0.344 e. The average molecular weight is 216 g/mol. The normalized spacial score (nSPS) is 12.1. The van der Waals surface area contributed by atoms with Crippen molar-refractivity contribution in [3.8, 4) is 0 Å². The molecule has 0 saturated heterocycles. The van der Waals surface area contributed by atoms with Crippen LogP contribution in [0, 0.1) is 0 Å². The molecule has 0 radical (unpaired) electrons. The number of aromatic nitrogens is 2. The molecule has 14 heavy (non-hydrogen) atoms. The molecule has 0 spiro atoms. The van der Waals surface area contributed by atoms with Crippen LogP contribution in [0.5, 0.6) is 0 Å². The summed E-state index contributed by atoms with van der Waals surface area (Å²) in [5.74, 6) is 0.953. The molecule has 0 fully saturated rings. The summed E-state index contributed by atoms with van der Waals surface area (Å²) in [5.41, 5.74) is 1.05. The highest BCUT2D eigenvalue weighted by Gasteiger charge is 2.20. The molecule has 1 rings (SSSR count). The molecule has 2 N–H and O–H groups in total. The van der Waals surface area contributed by atoms with Gasteiger partial charge in [0, 0.05) is 18.4 Å². The number of H-pyrrole nitrogens is 1. The Bertz CT molecular complexity index is 299. The maximum Gasteiger partial charge on any atom is 0.150 e. The Kier molecular flexibility index (Phi) is 3.56. The number of likely N-dealkylation sites (N-methyl/N-ethyl adjacent to an activating group) is 1. The Morgan fingerprint density at radius 3 is 2.50 bits per heavy atom. The molecule has 0 unspecified atom stereocenters. The van der Waals surface area contributed by atoms with Crippen LogP contribution in [0.1, 0.15) is 32.3 Å². The van der Waals surface area contributed by atoms with Crippen molar-refractivity contribution in [2.45, 2.75) is 32.6 Å². The lowest BCUT2D eigenvalue weighted by Crippen LogP contribution is -2.13. The molecule has 0 atom stereocenters. The van der Waals surface area contributed by atoms with Crippen LogP contribution in [-0.2, 0) is 11.8 Å². The molecule has 0 saturated carbocycles. The average Bonchev–Trinajstić information content (AvgIpc) is 2.42. The first-order valence-corrected chi connectivity index (χ1v) is 5.22. The summed E-state index contributed by atoms with van der Waals surface area (Å²) in [6, 6.07) is 0. The second kappa shape index (κ2) is 4.32. The Labute approximate surface area is 90.3 Å². The second-order valence-electron chi connectivity index (χ2n) is 4.45. The molecule has 3 nitrogen and oxygen atoms in total. The molecule has 0 aromatic carbocycles. The van der Waals surface area contributed by atoms with E-state index in [2.05, 4.69) is 36.1 Å². The Morgan fingerprint density at radius 1 is 1.43 bits per heavy atom. The van der Waals surface area contributed by atoms with Gasteiger partial charge in [-0.15, -0.1) is 0 Å². The van der Waals surface area contributed by atoms with Crippen LogP contribution in [0.15, 0.2) is 0 Å². The van der Waals surface area contributed by atoms with Gasteiger partial charge in [0.25, 0.3) is 0 Å². The summed E-state index contributed by atoms with van der Waals surface area (Å²) in [6.45, 7) is 7.27. The predicted octanol–water partition coefficient (Wildman–Crippen LogP) is 2.12. The molecule has 1 aromatic heterocycles. The van der Waals surface area contributed by atoms with Gasteiger partial charge < -0.3 is 10.3 Å². The smallest absolute Gasteiger partial charge is 0.150 e. The highest BCUT2D eigenvalue weighted by atomic mass is 35.5. The summed E-state index contributed by atoms with van der Waals surface area (Å²) in [7, 11) is 1.93. The van der Waals surface area contributed by atoms with E-state index < -0.39 is 0 Å². The van der Waals surface area contributed by atoms with Gasteiger partial charge in [-0.3, -0.25) is 0 Å². The lowest BCUT2D eigenvalue weighted by Gasteiger charge is -2.16. The monoisotopic (exact) mass is 215 g/mol. The third kappa shape index (κ3) is 2.72. The minimum atomic E-state index is 0.0297. The first-order valence-electron chi connectivity index (χ1n) is 4.84. The maximum atomic E-state index is 6.05. The first-order chi connectivity index (χ1) is 6.45. The fraction of sp³-hybridized carbons (Fsp3) is 0.700. The van der Waals surface area contributed by atoms with Crippen LogP contribution in [0.25, 0.3) is 0 Å². The fourth-order valence-electron chi connectivity index (χ4n) is 1.26. The quantitative estimate of drug-likeness (QED) is 0.811. The maximum absolute atomic E-state index is 6.05. The van der Waals surface area contributed by atoms with Gasteiger partial charge >= 0.3 is 0 Å². The van der Waals surface area contributed by atoms with E-state index in [9.17, 15) is 0 Å². The van der Waals surface area contributed by atoms with Gasteiger partial charge in [-0.25, -0.2) is 4.98 Å². The van der Waals surface area contributed by atoms with Gasteiger partial charge in [-0.1, -0.05) is 32.4 Å². The van der Waals surface area contributed by atoms with E-state index in [1.54, 1.807) is 0 Å². The van der Waals surface area contributed by atoms with Crippen LogP contribution in [-0.4, -0.2) is 23.6 Å². The molecule has 0 bridgehead atoms. The van der Waals surface area contributed by atoms with Crippen molar-refractivity contribution < 1.29 is 0 Å². The van der Waals surface area contributed by atoms with Crippen molar-refractivity contribution in [1.82, 2.24) is 15.3 Å². The SMILES string of the molecule is CNCCc1nc(Cl)c(C(C)(C)C)[nH]1. The van der Waals surface area contributed by atoms with E-state index in [1.165, 1.54) is 0 Å². The van der Waals surface area contributed by atoms with Gasteiger partial charge in [0.2, 0.25) is 0 Å². The topological polar surface area (TPSA) is 40.7 Å². The summed E-state index contributed by atoms with van der Waals surface area (Å²) < 4.78 is 0. The van der Waals surface area contributed by atoms with E-state index in [-0.39, 0.29) is 5.41 Å². The second-order valence-corrected chi connectivity index (χ2v) is 4.81. The first kappa shape index (κ1) is 11.5. The fourth-order valence-corrected chi connectivity index (χ4v) is 1.69. The van der Waals surface area contributed by atoms with E-state index in [4.69, 9.17) is 11.6 Å². The molecule has 4 heteroatoms. The van der Waals surface area contributed by atoms with Crippen molar-refractivity contribution in [2.24, 2.45) is 0 Å². The van der Waals surface area contributed by atoms with E-state index in [0.717, 1.165) is 24.5 Å². The number of nitrogens with zero attached hydrogens (tertiary/aromatic N) is 1. The van der Waals surface area contributed by atoms with Crippen LogP contribution in [0.2, 0.25) is 5.15 Å². The minimum Gasteiger partial charge on any atom is -0.344 e. The molecule has 0 aliphatic heterocycles. The Hall–Kier alpha value is -0.540. The van der Waals surface area contributed by atoms with Crippen LogP contribution < -0.4 is 5.32 Å². The highest BCUT2D eigenvalue weighted by Crippen LogP contribution is 2.26. The lowest BCUT2D eigenvalue weighted by atomic mass is 9.93. The number of nitrogens with one attached hydrogen (secondary N) is 2. The summed E-state index contributed by atoms with van der Waals surface area (Å²) >= 11 is 6.05. The summed E-state index contributed by atoms with van der Waals surface area (Å²) in [6.07, 6.45) is 0.881. The number of imidazole rings is 1. The number of halogens is 1. The molecule has 1 aromatic rings. The summed E-state index contributed by atoms with van der Waals surface area (Å²) in [4.78, 5) is 7.56. The van der Waals surface area contributed by atoms with Gasteiger partial charge in [-0.05, 0) is 7.05 Å². The number of aromatic amines is 1. The van der Waals surface area contributed by atoms with Crippen LogP contribution in [0.3, 0.4) is 0 Å². The zero-order chi connectivity index (χ0) is 10.8. The number of rotatable bonds is 3. The van der Waals surface area contributed by atoms with Gasteiger partial charge in [0.1, 0.15) is 5.82 Å². The van der Waals surface area contributed by atoms with Gasteiger partial charge in [-0.2, -0.15) is 0 Å². The van der Waals surface area contributed by atoms with Crippen LogP contribution in [0.4, 0.5) is 0 Å². The van der Waals surface area contributed by atoms with Crippen molar-refractivity contribution >= 4 is 11.6 Å². The molecule has 0 aliphatic rings. The third-order valence-electron chi connectivity index (χ3n) is 2.07. The molecular formula is C10H18ClN3. The zero-order valence-electron chi connectivity index (χ0n) is 9.24. The van der Waals surface area contributed by atoms with Crippen molar-refractivity contribution in [3.05, 3.63) is 16.7 Å². The van der Waals surface area contributed by atoms with Crippen LogP contribution >= 0.6 is 11.6 Å². The summed E-state index contributed by atoms with van der Waals surface area (Å²) in [5, 5.41) is 3.68. The molecule has 1 heterocycles. The van der Waals surface area contributed by atoms with Gasteiger partial charge in [0.05, 0.1) is 5.69 Å². The van der Waals surface area contributed by atoms with Crippen molar-refractivity contribution in [1.29, 1.82) is 0 Å². The molecule has 0 aliphatic carbocycles. The minimum absolute atomic E-state index is 0.0297. The molecule has 80 valence electrons. The molecular weight excluding hydrogens is 198 g/mol. The Balaban J connectivity index is 2.83. The lowest BCUT2D eigenvalue weighted by molar-refractivity contribution is 0.570. The van der Waals surface area contributed by atoms with E-state index in [0.29, 0.717) is 5.15 Å². The van der Waals surface area contributed by atoms with Crippen molar-refractivity contribution in [2.75, 3.05) is 13.6 Å². The van der Waals surface area contributed by atoms with E-state index >= 15 is 0 Å². The van der Waals surface area contributed by atoms with Crippen molar-refractivity contribution in [3.63, 3.8) is 0 Å². The third-order valence-corrected chi connectivity index (χ3v) is 2.34. The van der Waals surface area contributed by atoms with Gasteiger partial charge in [0.15, 0.2) is 5.15 Å². The van der Waals surface area contributed by atoms with E-state index in [1.807, 2.05) is 7.05 Å². The highest BCUT2D eigenvalue weighted by molar-refractivity contribution is 6.30. The molecule has 0 amide bonds. The predicted molar refractivity (Wildman–Crippen MR) is 59.9 cm³/mol. The number of hydrogen-bond acceptors (Lipinski definition) is 2.